The van der Waals surface area contributed by atoms with E-state index in [2.05, 4.69) is 9.97 Å². The maximum atomic E-state index is 12.6. The van der Waals surface area contributed by atoms with Crippen LogP contribution in [0.15, 0.2) is 12.3 Å². The van der Waals surface area contributed by atoms with Crippen LogP contribution < -0.4 is 0 Å². The third kappa shape index (κ3) is 2.61. The quantitative estimate of drug-likeness (QED) is 0.730. The SMILES string of the molecule is FC(F)(F)c1ccnc(C(F)(F)C(F)(F)F)n1. The lowest BCUT2D eigenvalue weighted by Crippen LogP contribution is -2.36. The van der Waals surface area contributed by atoms with Crippen LogP contribution in [-0.4, -0.2) is 16.1 Å². The molecular formula is C7H2F8N2. The summed E-state index contributed by atoms with van der Waals surface area (Å²) in [5.74, 6) is -7.77. The first kappa shape index (κ1) is 13.6. The molecule has 0 fully saturated rings. The van der Waals surface area contributed by atoms with Gasteiger partial charge in [-0.05, 0) is 6.07 Å². The molecule has 0 spiro atoms. The number of halogens is 8. The van der Waals surface area contributed by atoms with Crippen molar-refractivity contribution in [1.29, 1.82) is 0 Å². The molecule has 0 unspecified atom stereocenters. The lowest BCUT2D eigenvalue weighted by Gasteiger charge is -2.18. The van der Waals surface area contributed by atoms with Crippen molar-refractivity contribution in [2.24, 2.45) is 0 Å². The van der Waals surface area contributed by atoms with E-state index >= 15 is 0 Å². The first-order valence-corrected chi connectivity index (χ1v) is 3.81. The summed E-state index contributed by atoms with van der Waals surface area (Å²) >= 11 is 0. The molecular weight excluding hydrogens is 264 g/mol. The molecule has 0 bridgehead atoms. The van der Waals surface area contributed by atoms with Gasteiger partial charge in [0.05, 0.1) is 0 Å². The van der Waals surface area contributed by atoms with Crippen molar-refractivity contribution >= 4 is 0 Å². The highest BCUT2D eigenvalue weighted by Gasteiger charge is 2.61. The minimum atomic E-state index is -6.06. The van der Waals surface area contributed by atoms with Crippen LogP contribution in [0.25, 0.3) is 0 Å². The van der Waals surface area contributed by atoms with Crippen LogP contribution in [0.1, 0.15) is 11.5 Å². The third-order valence-corrected chi connectivity index (χ3v) is 1.58. The molecule has 96 valence electrons. The summed E-state index contributed by atoms with van der Waals surface area (Å²) in [5, 5.41) is 0. The zero-order valence-electron chi connectivity index (χ0n) is 7.57. The van der Waals surface area contributed by atoms with Crippen molar-refractivity contribution < 1.29 is 35.1 Å². The minimum Gasteiger partial charge on any atom is -0.235 e. The number of rotatable bonds is 1. The summed E-state index contributed by atoms with van der Waals surface area (Å²) in [7, 11) is 0. The molecule has 1 aromatic rings. The number of aromatic nitrogens is 2. The van der Waals surface area contributed by atoms with Crippen LogP contribution in [0.5, 0.6) is 0 Å². The first-order chi connectivity index (χ1) is 7.46. The molecule has 0 atom stereocenters. The molecule has 0 radical (unpaired) electrons. The zero-order valence-corrected chi connectivity index (χ0v) is 7.57. The molecule has 1 aromatic heterocycles. The second-order valence-corrected chi connectivity index (χ2v) is 2.84. The van der Waals surface area contributed by atoms with E-state index in [-0.39, 0.29) is 12.3 Å². The molecule has 0 aromatic carbocycles. The Balaban J connectivity index is 3.26. The standard InChI is InChI=1S/C7H2F8N2/c8-5(9,7(13,14)15)4-16-2-1-3(17-4)6(10,11)12/h1-2H. The van der Waals surface area contributed by atoms with Gasteiger partial charge in [0.1, 0.15) is 5.69 Å². The molecule has 0 saturated carbocycles. The summed E-state index contributed by atoms with van der Waals surface area (Å²) in [6, 6.07) is 0.190. The molecule has 1 rings (SSSR count). The van der Waals surface area contributed by atoms with E-state index in [0.29, 0.717) is 0 Å². The molecule has 0 amide bonds. The predicted molar refractivity (Wildman–Crippen MR) is 37.0 cm³/mol. The van der Waals surface area contributed by atoms with Crippen molar-refractivity contribution in [2.75, 3.05) is 0 Å². The lowest BCUT2D eigenvalue weighted by molar-refractivity contribution is -0.292. The van der Waals surface area contributed by atoms with Crippen LogP contribution in [0.3, 0.4) is 0 Å². The summed E-state index contributed by atoms with van der Waals surface area (Å²) in [5.41, 5.74) is -1.87. The highest BCUT2D eigenvalue weighted by Crippen LogP contribution is 2.42. The second-order valence-electron chi connectivity index (χ2n) is 2.84. The number of hydrogen-bond acceptors (Lipinski definition) is 2. The highest BCUT2D eigenvalue weighted by atomic mass is 19.4. The van der Waals surface area contributed by atoms with Gasteiger partial charge in [-0.1, -0.05) is 0 Å². The van der Waals surface area contributed by atoms with Crippen molar-refractivity contribution in [3.05, 3.63) is 23.8 Å². The normalized spacial score (nSPS) is 13.9. The molecule has 0 saturated heterocycles. The van der Waals surface area contributed by atoms with Crippen molar-refractivity contribution in [1.82, 2.24) is 9.97 Å². The van der Waals surface area contributed by atoms with Crippen molar-refractivity contribution in [2.45, 2.75) is 18.3 Å². The Kier molecular flexibility index (Phi) is 3.02. The van der Waals surface area contributed by atoms with Gasteiger partial charge >= 0.3 is 18.3 Å². The molecule has 0 aliphatic heterocycles. The summed E-state index contributed by atoms with van der Waals surface area (Å²) in [6.45, 7) is 0. The van der Waals surface area contributed by atoms with E-state index < -0.39 is 29.8 Å². The molecule has 0 N–H and O–H groups in total. The van der Waals surface area contributed by atoms with Gasteiger partial charge in [0, 0.05) is 6.20 Å². The van der Waals surface area contributed by atoms with Crippen LogP contribution in [-0.2, 0) is 12.1 Å². The molecule has 2 nitrogen and oxygen atoms in total. The van der Waals surface area contributed by atoms with Gasteiger partial charge in [-0.2, -0.15) is 35.1 Å². The average Bonchev–Trinajstić information content (AvgIpc) is 2.15. The van der Waals surface area contributed by atoms with Gasteiger partial charge in [0.15, 0.2) is 0 Å². The van der Waals surface area contributed by atoms with Gasteiger partial charge in [-0.25, -0.2) is 9.97 Å². The Hall–Kier alpha value is -1.48. The zero-order chi connectivity index (χ0) is 13.5. The fourth-order valence-corrected chi connectivity index (χ4v) is 0.795. The Morgan fingerprint density at radius 3 is 1.82 bits per heavy atom. The third-order valence-electron chi connectivity index (χ3n) is 1.58. The van der Waals surface area contributed by atoms with Gasteiger partial charge in [-0.3, -0.25) is 0 Å². The van der Waals surface area contributed by atoms with E-state index in [4.69, 9.17) is 0 Å². The van der Waals surface area contributed by atoms with E-state index in [0.717, 1.165) is 0 Å². The number of hydrogen-bond donors (Lipinski definition) is 0. The van der Waals surface area contributed by atoms with E-state index in [1.807, 2.05) is 0 Å². The summed E-state index contributed by atoms with van der Waals surface area (Å²) in [4.78, 5) is 4.69. The Morgan fingerprint density at radius 2 is 1.41 bits per heavy atom. The van der Waals surface area contributed by atoms with Gasteiger partial charge in [0.25, 0.3) is 0 Å². The molecule has 1 heterocycles. The summed E-state index contributed by atoms with van der Waals surface area (Å²) in [6.07, 6.45) is -11.0. The van der Waals surface area contributed by atoms with Crippen molar-refractivity contribution in [3.63, 3.8) is 0 Å². The Bertz CT molecular complexity index is 407. The van der Waals surface area contributed by atoms with Gasteiger partial charge in [-0.15, -0.1) is 0 Å². The monoisotopic (exact) mass is 266 g/mol. The maximum Gasteiger partial charge on any atom is 0.461 e. The van der Waals surface area contributed by atoms with Crippen LogP contribution >= 0.6 is 0 Å². The molecule has 17 heavy (non-hydrogen) atoms. The number of alkyl halides is 8. The topological polar surface area (TPSA) is 25.8 Å². The minimum absolute atomic E-state index is 0.185. The fourth-order valence-electron chi connectivity index (χ4n) is 0.795. The molecule has 0 aliphatic carbocycles. The van der Waals surface area contributed by atoms with E-state index in [1.165, 1.54) is 0 Å². The summed E-state index contributed by atoms with van der Waals surface area (Å²) < 4.78 is 96.8. The van der Waals surface area contributed by atoms with Crippen LogP contribution in [0.2, 0.25) is 0 Å². The maximum absolute atomic E-state index is 12.6. The van der Waals surface area contributed by atoms with Crippen LogP contribution in [0.4, 0.5) is 35.1 Å². The highest BCUT2D eigenvalue weighted by molar-refractivity contribution is 5.10. The smallest absolute Gasteiger partial charge is 0.235 e. The predicted octanol–water partition coefficient (Wildman–Crippen LogP) is 3.15. The van der Waals surface area contributed by atoms with Crippen molar-refractivity contribution in [3.8, 4) is 0 Å². The second kappa shape index (κ2) is 3.77. The molecule has 10 heteroatoms. The van der Waals surface area contributed by atoms with Gasteiger partial charge in [0.2, 0.25) is 5.82 Å². The van der Waals surface area contributed by atoms with E-state index in [9.17, 15) is 35.1 Å². The van der Waals surface area contributed by atoms with E-state index in [1.54, 1.807) is 0 Å². The fraction of sp³-hybridized carbons (Fsp3) is 0.429. The Morgan fingerprint density at radius 1 is 0.882 bits per heavy atom. The Labute approximate surface area is 88.3 Å². The average molecular weight is 266 g/mol. The lowest BCUT2D eigenvalue weighted by atomic mass is 10.3. The molecule has 0 aliphatic rings. The first-order valence-electron chi connectivity index (χ1n) is 3.81. The number of nitrogens with zero attached hydrogens (tertiary/aromatic N) is 2. The largest absolute Gasteiger partial charge is 0.461 e. The van der Waals surface area contributed by atoms with Gasteiger partial charge < -0.3 is 0 Å². The van der Waals surface area contributed by atoms with Crippen LogP contribution in [0, 0.1) is 0 Å².